The normalized spacial score (nSPS) is 18.2. The van der Waals surface area contributed by atoms with Crippen LogP contribution in [-0.4, -0.2) is 66.4 Å². The van der Waals surface area contributed by atoms with Gasteiger partial charge in [-0.25, -0.2) is 4.79 Å². The van der Waals surface area contributed by atoms with Crippen molar-refractivity contribution in [2.24, 2.45) is 5.92 Å². The number of amides is 2. The van der Waals surface area contributed by atoms with E-state index in [0.29, 0.717) is 19.7 Å². The minimum Gasteiger partial charge on any atom is -0.481 e. The first kappa shape index (κ1) is 23.8. The van der Waals surface area contributed by atoms with Crippen molar-refractivity contribution in [1.82, 2.24) is 10.2 Å². The van der Waals surface area contributed by atoms with Gasteiger partial charge in [0.15, 0.2) is 0 Å². The van der Waals surface area contributed by atoms with Crippen molar-refractivity contribution in [2.75, 3.05) is 26.3 Å². The van der Waals surface area contributed by atoms with Crippen LogP contribution in [0.3, 0.4) is 0 Å². The second-order valence-corrected chi connectivity index (χ2v) is 9.06. The Bertz CT molecular complexity index is 1020. The number of aliphatic carboxylic acids is 1. The van der Waals surface area contributed by atoms with Gasteiger partial charge in [0.1, 0.15) is 12.6 Å². The topological polar surface area (TPSA) is 105 Å². The van der Waals surface area contributed by atoms with Gasteiger partial charge in [0.25, 0.3) is 0 Å². The molecular formula is C26H30N2O6. The van der Waals surface area contributed by atoms with Gasteiger partial charge in [0.2, 0.25) is 5.91 Å². The van der Waals surface area contributed by atoms with E-state index >= 15 is 0 Å². The zero-order valence-corrected chi connectivity index (χ0v) is 19.4. The molecule has 4 rings (SSSR count). The molecule has 2 aromatic carbocycles. The van der Waals surface area contributed by atoms with Gasteiger partial charge < -0.3 is 24.8 Å². The molecule has 2 N–H and O–H groups in total. The summed E-state index contributed by atoms with van der Waals surface area (Å²) in [5.74, 6) is -1.53. The van der Waals surface area contributed by atoms with Crippen molar-refractivity contribution in [3.05, 3.63) is 59.7 Å². The van der Waals surface area contributed by atoms with Gasteiger partial charge in [-0.05, 0) is 28.2 Å². The monoisotopic (exact) mass is 466 g/mol. The fourth-order valence-corrected chi connectivity index (χ4v) is 4.66. The molecule has 1 fully saturated rings. The molecule has 0 bridgehead atoms. The van der Waals surface area contributed by atoms with Gasteiger partial charge in [-0.2, -0.15) is 0 Å². The van der Waals surface area contributed by atoms with Crippen LogP contribution in [0.15, 0.2) is 48.5 Å². The van der Waals surface area contributed by atoms with Gasteiger partial charge in [0, 0.05) is 19.0 Å². The van der Waals surface area contributed by atoms with Gasteiger partial charge in [-0.3, -0.25) is 9.59 Å². The number of carbonyl (C=O) groups is 3. The molecule has 0 saturated carbocycles. The third-order valence-corrected chi connectivity index (χ3v) is 6.46. The van der Waals surface area contributed by atoms with Gasteiger partial charge in [-0.15, -0.1) is 0 Å². The molecule has 34 heavy (non-hydrogen) atoms. The van der Waals surface area contributed by atoms with Crippen LogP contribution in [-0.2, 0) is 19.1 Å². The van der Waals surface area contributed by atoms with E-state index in [-0.39, 0.29) is 24.5 Å². The molecule has 8 nitrogen and oxygen atoms in total. The van der Waals surface area contributed by atoms with Gasteiger partial charge in [0.05, 0.1) is 19.1 Å². The largest absolute Gasteiger partial charge is 0.481 e. The standard InChI is InChI=1S/C26H30N2O6/c1-16(2)23-14-28(11-12-33-23)25(31)22(13-24(29)30)27-26(32)34-15-21-19-9-5-3-7-17(19)18-8-4-6-10-20(18)21/h3-10,16,21-23H,11-15H2,1-2H3,(H,27,32)(H,29,30). The zero-order chi connectivity index (χ0) is 24.2. The van der Waals surface area contributed by atoms with E-state index < -0.39 is 30.4 Å². The molecule has 1 heterocycles. The number of carbonyl (C=O) groups excluding carboxylic acids is 2. The molecule has 180 valence electrons. The number of morpholine rings is 1. The molecule has 0 spiro atoms. The number of carboxylic acid groups (broad SMARTS) is 1. The number of carboxylic acids is 1. The van der Waals surface area contributed by atoms with Gasteiger partial charge >= 0.3 is 12.1 Å². The summed E-state index contributed by atoms with van der Waals surface area (Å²) in [4.78, 5) is 38.7. The zero-order valence-electron chi connectivity index (χ0n) is 19.4. The first-order valence-electron chi connectivity index (χ1n) is 11.6. The van der Waals surface area contributed by atoms with Crippen LogP contribution in [0.5, 0.6) is 0 Å². The smallest absolute Gasteiger partial charge is 0.407 e. The van der Waals surface area contributed by atoms with Crippen LogP contribution >= 0.6 is 0 Å². The number of fused-ring (bicyclic) bond motifs is 3. The van der Waals surface area contributed by atoms with Crippen LogP contribution in [0.1, 0.15) is 37.3 Å². The third-order valence-electron chi connectivity index (χ3n) is 6.46. The molecule has 2 amide bonds. The quantitative estimate of drug-likeness (QED) is 0.649. The van der Waals surface area contributed by atoms with E-state index in [0.717, 1.165) is 22.3 Å². The maximum Gasteiger partial charge on any atom is 0.407 e. The third kappa shape index (κ3) is 5.07. The number of alkyl carbamates (subject to hydrolysis) is 1. The predicted octanol–water partition coefficient (Wildman–Crippen LogP) is 3.25. The lowest BCUT2D eigenvalue weighted by Crippen LogP contribution is -2.55. The number of nitrogens with one attached hydrogen (secondary N) is 1. The lowest BCUT2D eigenvalue weighted by atomic mass is 9.98. The first-order valence-corrected chi connectivity index (χ1v) is 11.6. The Hall–Kier alpha value is -3.39. The highest BCUT2D eigenvalue weighted by Gasteiger charge is 2.34. The van der Waals surface area contributed by atoms with E-state index in [1.807, 2.05) is 62.4 Å². The number of ether oxygens (including phenoxy) is 2. The van der Waals surface area contributed by atoms with E-state index in [9.17, 15) is 19.5 Å². The summed E-state index contributed by atoms with van der Waals surface area (Å²) in [7, 11) is 0. The Kier molecular flexibility index (Phi) is 7.17. The highest BCUT2D eigenvalue weighted by atomic mass is 16.5. The molecule has 2 atom stereocenters. The van der Waals surface area contributed by atoms with Crippen LogP contribution in [0.2, 0.25) is 0 Å². The summed E-state index contributed by atoms with van der Waals surface area (Å²) in [6.07, 6.45) is -1.46. The number of nitrogens with zero attached hydrogens (tertiary/aromatic N) is 1. The molecule has 2 unspecified atom stereocenters. The predicted molar refractivity (Wildman–Crippen MR) is 125 cm³/mol. The summed E-state index contributed by atoms with van der Waals surface area (Å²) in [6, 6.07) is 14.8. The summed E-state index contributed by atoms with van der Waals surface area (Å²) in [5.41, 5.74) is 4.36. The minimum absolute atomic E-state index is 0.0841. The lowest BCUT2D eigenvalue weighted by Gasteiger charge is -2.36. The number of benzene rings is 2. The highest BCUT2D eigenvalue weighted by molar-refractivity contribution is 5.89. The second kappa shape index (κ2) is 10.3. The molecule has 1 aliphatic carbocycles. The maximum absolute atomic E-state index is 13.1. The van der Waals surface area contributed by atoms with Crippen molar-refractivity contribution in [3.63, 3.8) is 0 Å². The molecule has 0 aromatic heterocycles. The lowest BCUT2D eigenvalue weighted by molar-refractivity contribution is -0.147. The van der Waals surface area contributed by atoms with E-state index in [2.05, 4.69) is 5.32 Å². The van der Waals surface area contributed by atoms with Crippen LogP contribution in [0, 0.1) is 5.92 Å². The molecule has 0 radical (unpaired) electrons. The summed E-state index contributed by atoms with van der Waals surface area (Å²) in [5, 5.41) is 11.8. The second-order valence-electron chi connectivity index (χ2n) is 9.06. The van der Waals surface area contributed by atoms with Gasteiger partial charge in [-0.1, -0.05) is 62.4 Å². The Morgan fingerprint density at radius 1 is 1.09 bits per heavy atom. The molecule has 2 aliphatic rings. The Labute approximate surface area is 198 Å². The Morgan fingerprint density at radius 2 is 1.71 bits per heavy atom. The fourth-order valence-electron chi connectivity index (χ4n) is 4.66. The molecule has 1 aliphatic heterocycles. The van der Waals surface area contributed by atoms with Crippen molar-refractivity contribution in [2.45, 2.75) is 38.3 Å². The van der Waals surface area contributed by atoms with Crippen molar-refractivity contribution in [3.8, 4) is 11.1 Å². The molecule has 8 heteroatoms. The summed E-state index contributed by atoms with van der Waals surface area (Å²) in [6.45, 7) is 5.17. The maximum atomic E-state index is 13.1. The van der Waals surface area contributed by atoms with Crippen molar-refractivity contribution in [1.29, 1.82) is 0 Å². The highest BCUT2D eigenvalue weighted by Crippen LogP contribution is 2.44. The summed E-state index contributed by atoms with van der Waals surface area (Å²) < 4.78 is 11.2. The molecular weight excluding hydrogens is 436 g/mol. The van der Waals surface area contributed by atoms with Crippen LogP contribution in [0.25, 0.3) is 11.1 Å². The Balaban J connectivity index is 1.42. The van der Waals surface area contributed by atoms with E-state index in [1.165, 1.54) is 0 Å². The average molecular weight is 467 g/mol. The fraction of sp³-hybridized carbons (Fsp3) is 0.423. The molecule has 1 saturated heterocycles. The van der Waals surface area contributed by atoms with Crippen molar-refractivity contribution < 1.29 is 29.0 Å². The van der Waals surface area contributed by atoms with Crippen LogP contribution in [0.4, 0.5) is 4.79 Å². The van der Waals surface area contributed by atoms with Crippen LogP contribution < -0.4 is 5.32 Å². The molecule has 2 aromatic rings. The first-order chi connectivity index (χ1) is 16.3. The minimum atomic E-state index is -1.21. The number of hydrogen-bond acceptors (Lipinski definition) is 5. The van der Waals surface area contributed by atoms with E-state index in [4.69, 9.17) is 9.47 Å². The number of rotatable bonds is 7. The summed E-state index contributed by atoms with van der Waals surface area (Å²) >= 11 is 0. The van der Waals surface area contributed by atoms with E-state index in [1.54, 1.807) is 4.90 Å². The van der Waals surface area contributed by atoms with Crippen molar-refractivity contribution >= 4 is 18.0 Å². The average Bonchev–Trinajstić information content (AvgIpc) is 3.15. The Morgan fingerprint density at radius 3 is 2.29 bits per heavy atom. The number of hydrogen-bond donors (Lipinski definition) is 2. The SMILES string of the molecule is CC(C)C1CN(C(=O)C(CC(=O)O)NC(=O)OCC2c3ccccc3-c3ccccc32)CCO1.